The fourth-order valence-electron chi connectivity index (χ4n) is 6.94. The van der Waals surface area contributed by atoms with Crippen molar-refractivity contribution >= 4 is 23.9 Å². The number of carbonyl (C=O) groups is 4. The van der Waals surface area contributed by atoms with Crippen molar-refractivity contribution in [1.82, 2.24) is 0 Å². The summed E-state index contributed by atoms with van der Waals surface area (Å²) in [5.41, 5.74) is 1.32. The first-order valence-electron chi connectivity index (χ1n) is 19.6. The summed E-state index contributed by atoms with van der Waals surface area (Å²) in [5.74, 6) is -3.37. The second-order valence-electron chi connectivity index (χ2n) is 14.3. The molecule has 5 aromatic carbocycles. The quantitative estimate of drug-likeness (QED) is 0.108. The predicted molar refractivity (Wildman–Crippen MR) is 215 cm³/mol. The maximum Gasteiger partial charge on any atom is 0.338 e. The number of carbonyl (C=O) groups excluding carboxylic acids is 4. The summed E-state index contributed by atoms with van der Waals surface area (Å²) >= 11 is 0. The van der Waals surface area contributed by atoms with Gasteiger partial charge in [0.1, 0.15) is 31.0 Å². The molecule has 0 amide bonds. The van der Waals surface area contributed by atoms with Crippen molar-refractivity contribution in [2.45, 2.75) is 74.9 Å². The molecule has 2 heterocycles. The van der Waals surface area contributed by atoms with Crippen molar-refractivity contribution in [2.24, 2.45) is 0 Å². The molecule has 2 N–H and O–H groups in total. The van der Waals surface area contributed by atoms with Crippen LogP contribution in [0.15, 0.2) is 152 Å². The number of esters is 4. The van der Waals surface area contributed by atoms with Gasteiger partial charge in [0, 0.05) is 0 Å². The summed E-state index contributed by atoms with van der Waals surface area (Å²) in [5, 5.41) is 21.9. The lowest BCUT2D eigenvalue weighted by molar-refractivity contribution is -0.354. The molecule has 0 aromatic heterocycles. The van der Waals surface area contributed by atoms with E-state index >= 15 is 0 Å². The van der Waals surface area contributed by atoms with Crippen molar-refractivity contribution in [1.29, 1.82) is 0 Å². The Morgan fingerprint density at radius 3 is 1.43 bits per heavy atom. The SMILES string of the molecule is C[C@@H]1O[C@@H](O)[C@H](O)[C@H](OCc2ccccc2)[C@H]1O[C@@H]1O[C@H](COC(=O)c2ccccc2)[C@H](OC(=O)c2ccccc2)[C@H](OC(=O)c2ccccc2)[C@H]1OC(=O)c1ccccc1. The Bertz CT molecular complexity index is 2190. The molecule has 0 saturated carbocycles. The standard InChI is InChI=1S/C47H44O14/c1-29-37(39(36(48)46(53)56-29)54-27-30-17-7-2-8-18-30)61-47-41(60-45(52)34-25-15-6-16-26-34)40(59-44(51)33-23-13-5-14-24-33)38(58-43(50)32-21-11-4-12-22-32)35(57-47)28-55-42(49)31-19-9-3-10-20-31/h2-26,29,35-41,46-48,53H,27-28H2,1H3/t29-,35+,36+,37-,38-,39-,40-,41+,46+,47-/m0/s1. The molecule has 0 radical (unpaired) electrons. The van der Waals surface area contributed by atoms with Crippen LogP contribution in [0.3, 0.4) is 0 Å². The Morgan fingerprint density at radius 2 is 0.934 bits per heavy atom. The molecule has 2 fully saturated rings. The number of hydrogen-bond acceptors (Lipinski definition) is 14. The Hall–Kier alpha value is -6.26. The lowest BCUT2D eigenvalue weighted by Crippen LogP contribution is -2.66. The Labute approximate surface area is 351 Å². The maximum absolute atomic E-state index is 14.0. The summed E-state index contributed by atoms with van der Waals surface area (Å²) in [6, 6.07) is 41.2. The third kappa shape index (κ3) is 10.7. The molecular weight excluding hydrogens is 789 g/mol. The van der Waals surface area contributed by atoms with Crippen molar-refractivity contribution in [3.8, 4) is 0 Å². The molecule has 316 valence electrons. The summed E-state index contributed by atoms with van der Waals surface area (Å²) in [7, 11) is 0. The van der Waals surface area contributed by atoms with Crippen LogP contribution in [0.1, 0.15) is 53.9 Å². The molecular formula is C47H44O14. The van der Waals surface area contributed by atoms with Crippen molar-refractivity contribution in [3.63, 3.8) is 0 Å². The molecule has 0 bridgehead atoms. The molecule has 5 aromatic rings. The van der Waals surface area contributed by atoms with E-state index < -0.39 is 91.9 Å². The van der Waals surface area contributed by atoms with Crippen molar-refractivity contribution < 1.29 is 67.3 Å². The van der Waals surface area contributed by atoms with Crippen LogP contribution in [0.2, 0.25) is 0 Å². The maximum atomic E-state index is 14.0. The highest BCUT2D eigenvalue weighted by molar-refractivity contribution is 5.91. The van der Waals surface area contributed by atoms with Gasteiger partial charge in [-0.25, -0.2) is 19.2 Å². The van der Waals surface area contributed by atoms with Gasteiger partial charge in [-0.3, -0.25) is 0 Å². The molecule has 14 nitrogen and oxygen atoms in total. The van der Waals surface area contributed by atoms with E-state index in [0.717, 1.165) is 5.56 Å². The topological polar surface area (TPSA) is 183 Å². The van der Waals surface area contributed by atoms with Gasteiger partial charge >= 0.3 is 23.9 Å². The Balaban J connectivity index is 1.30. The zero-order chi connectivity index (χ0) is 42.7. The van der Waals surface area contributed by atoms with Crippen LogP contribution in [-0.4, -0.2) is 102 Å². The highest BCUT2D eigenvalue weighted by atomic mass is 16.8. The molecule has 2 aliphatic rings. The third-order valence-corrected chi connectivity index (χ3v) is 10.1. The summed E-state index contributed by atoms with van der Waals surface area (Å²) < 4.78 is 49.1. The van der Waals surface area contributed by atoms with E-state index in [4.69, 9.17) is 37.9 Å². The molecule has 0 spiro atoms. The molecule has 0 aliphatic carbocycles. The van der Waals surface area contributed by atoms with Gasteiger partial charge in [-0.1, -0.05) is 103 Å². The minimum absolute atomic E-state index is 0.00724. The first-order chi connectivity index (χ1) is 29.7. The monoisotopic (exact) mass is 832 g/mol. The molecule has 0 unspecified atom stereocenters. The molecule has 61 heavy (non-hydrogen) atoms. The summed E-state index contributed by atoms with van der Waals surface area (Å²) in [4.78, 5) is 55.2. The summed E-state index contributed by atoms with van der Waals surface area (Å²) in [6.07, 6.45) is -14.9. The predicted octanol–water partition coefficient (Wildman–Crippen LogP) is 5.31. The number of aliphatic hydroxyl groups excluding tert-OH is 2. The highest BCUT2D eigenvalue weighted by Crippen LogP contribution is 2.35. The van der Waals surface area contributed by atoms with Gasteiger partial charge in [-0.05, 0) is 61.0 Å². The normalized spacial score (nSPS) is 26.0. The second kappa shape index (κ2) is 20.3. The molecule has 10 atom stereocenters. The molecule has 2 saturated heterocycles. The van der Waals surface area contributed by atoms with Crippen LogP contribution in [0.25, 0.3) is 0 Å². The Kier molecular flexibility index (Phi) is 14.3. The minimum atomic E-state index is -1.71. The van der Waals surface area contributed by atoms with Crippen molar-refractivity contribution in [3.05, 3.63) is 179 Å². The first kappa shape index (κ1) is 42.8. The zero-order valence-electron chi connectivity index (χ0n) is 32.9. The van der Waals surface area contributed by atoms with E-state index in [2.05, 4.69) is 0 Å². The molecule has 7 rings (SSSR count). The van der Waals surface area contributed by atoms with Crippen LogP contribution >= 0.6 is 0 Å². The van der Waals surface area contributed by atoms with Crippen LogP contribution in [-0.2, 0) is 44.5 Å². The molecule has 14 heteroatoms. The first-order valence-corrected chi connectivity index (χ1v) is 19.6. The van der Waals surface area contributed by atoms with Gasteiger partial charge in [-0.2, -0.15) is 0 Å². The highest BCUT2D eigenvalue weighted by Gasteiger charge is 2.56. The van der Waals surface area contributed by atoms with E-state index in [-0.39, 0.29) is 28.9 Å². The molecule has 2 aliphatic heterocycles. The van der Waals surface area contributed by atoms with E-state index in [1.807, 2.05) is 30.3 Å². The van der Waals surface area contributed by atoms with E-state index in [0.29, 0.717) is 0 Å². The van der Waals surface area contributed by atoms with E-state index in [9.17, 15) is 29.4 Å². The fraction of sp³-hybridized carbons (Fsp3) is 0.277. The van der Waals surface area contributed by atoms with Gasteiger partial charge in [0.05, 0.1) is 35.0 Å². The number of hydrogen-bond donors (Lipinski definition) is 2. The number of ether oxygens (including phenoxy) is 8. The zero-order valence-corrected chi connectivity index (χ0v) is 32.9. The summed E-state index contributed by atoms with van der Waals surface area (Å²) in [6.45, 7) is 0.987. The number of aliphatic hydroxyl groups is 2. The minimum Gasteiger partial charge on any atom is -0.459 e. The van der Waals surface area contributed by atoms with Crippen molar-refractivity contribution in [2.75, 3.05) is 6.61 Å². The van der Waals surface area contributed by atoms with Crippen LogP contribution < -0.4 is 0 Å². The van der Waals surface area contributed by atoms with Gasteiger partial charge in [0.15, 0.2) is 30.9 Å². The van der Waals surface area contributed by atoms with E-state index in [1.54, 1.807) is 91.9 Å². The number of benzene rings is 5. The second-order valence-corrected chi connectivity index (χ2v) is 14.3. The Morgan fingerprint density at radius 1 is 0.508 bits per heavy atom. The lowest BCUT2D eigenvalue weighted by atomic mass is 9.96. The van der Waals surface area contributed by atoms with Crippen LogP contribution in [0.4, 0.5) is 0 Å². The average Bonchev–Trinajstić information content (AvgIpc) is 3.30. The van der Waals surface area contributed by atoms with Gasteiger partial charge in [0.25, 0.3) is 0 Å². The third-order valence-electron chi connectivity index (χ3n) is 10.1. The van der Waals surface area contributed by atoms with Gasteiger partial charge in [-0.15, -0.1) is 0 Å². The lowest BCUT2D eigenvalue weighted by Gasteiger charge is -2.48. The number of rotatable bonds is 14. The van der Waals surface area contributed by atoms with E-state index in [1.165, 1.54) is 36.4 Å². The van der Waals surface area contributed by atoms with Gasteiger partial charge < -0.3 is 48.1 Å². The largest absolute Gasteiger partial charge is 0.459 e. The van der Waals surface area contributed by atoms with Crippen LogP contribution in [0.5, 0.6) is 0 Å². The smallest absolute Gasteiger partial charge is 0.338 e. The average molecular weight is 833 g/mol. The van der Waals surface area contributed by atoms with Gasteiger partial charge in [0.2, 0.25) is 0 Å². The van der Waals surface area contributed by atoms with Crippen LogP contribution in [0, 0.1) is 0 Å². The fourth-order valence-corrected chi connectivity index (χ4v) is 6.94.